The normalized spacial score (nSPS) is 20.4. The van der Waals surface area contributed by atoms with Crippen LogP contribution in [0.2, 0.25) is 0 Å². The Labute approximate surface area is 113 Å². The Hall–Kier alpha value is -1.43. The Morgan fingerprint density at radius 3 is 3.05 bits per heavy atom. The summed E-state index contributed by atoms with van der Waals surface area (Å²) in [5.41, 5.74) is 0. The van der Waals surface area contributed by atoms with Crippen molar-refractivity contribution in [2.45, 2.75) is 52.1 Å². The summed E-state index contributed by atoms with van der Waals surface area (Å²) >= 11 is 0. The lowest BCUT2D eigenvalue weighted by atomic mass is 9.99. The number of piperidine rings is 1. The first kappa shape index (κ1) is 14.0. The average molecular weight is 266 g/mol. The fraction of sp³-hybridized carbons (Fsp3) is 0.769. The average Bonchev–Trinajstić information content (AvgIpc) is 2.77. The van der Waals surface area contributed by atoms with E-state index < -0.39 is 0 Å². The van der Waals surface area contributed by atoms with E-state index in [1.165, 1.54) is 19.3 Å². The van der Waals surface area contributed by atoms with Gasteiger partial charge in [0, 0.05) is 26.4 Å². The molecule has 0 radical (unpaired) electrons. The number of hydrogen-bond donors (Lipinski definition) is 1. The standard InChI is InChI=1S/C13H22N4O2/c1-10(18)14-7-6-12-5-3-4-8-17(12)9-13-15-11(2)19-16-13/h12H,3-9H2,1-2H3,(H,14,18)/t12-/m1/s1. The minimum atomic E-state index is 0.0381. The zero-order valence-electron chi connectivity index (χ0n) is 11.7. The topological polar surface area (TPSA) is 71.3 Å². The van der Waals surface area contributed by atoms with E-state index >= 15 is 0 Å². The second-order valence-corrected chi connectivity index (χ2v) is 5.12. The number of carbonyl (C=O) groups excluding carboxylic acids is 1. The fourth-order valence-corrected chi connectivity index (χ4v) is 2.60. The molecular weight excluding hydrogens is 244 g/mol. The zero-order chi connectivity index (χ0) is 13.7. The Kier molecular flexibility index (Phi) is 4.90. The lowest BCUT2D eigenvalue weighted by Crippen LogP contribution is -2.41. The van der Waals surface area contributed by atoms with Crippen molar-refractivity contribution in [3.63, 3.8) is 0 Å². The summed E-state index contributed by atoms with van der Waals surface area (Å²) in [7, 11) is 0. The van der Waals surface area contributed by atoms with Gasteiger partial charge >= 0.3 is 0 Å². The van der Waals surface area contributed by atoms with Gasteiger partial charge in [-0.1, -0.05) is 11.6 Å². The summed E-state index contributed by atoms with van der Waals surface area (Å²) in [6, 6.07) is 0.499. The SMILES string of the molecule is CC(=O)NCC[C@H]1CCCCN1Cc1noc(C)n1. The predicted molar refractivity (Wildman–Crippen MR) is 70.4 cm³/mol. The van der Waals surface area contributed by atoms with Gasteiger partial charge in [-0.15, -0.1) is 0 Å². The largest absolute Gasteiger partial charge is 0.356 e. The maximum Gasteiger partial charge on any atom is 0.223 e. The van der Waals surface area contributed by atoms with Gasteiger partial charge in [0.2, 0.25) is 11.8 Å². The molecule has 1 aliphatic heterocycles. The molecule has 1 aliphatic rings. The van der Waals surface area contributed by atoms with E-state index in [4.69, 9.17) is 4.52 Å². The van der Waals surface area contributed by atoms with Crippen LogP contribution in [0.1, 0.15) is 44.3 Å². The molecule has 1 aromatic heterocycles. The van der Waals surface area contributed by atoms with Crippen LogP contribution in [0.15, 0.2) is 4.52 Å². The van der Waals surface area contributed by atoms with E-state index in [-0.39, 0.29) is 5.91 Å². The smallest absolute Gasteiger partial charge is 0.223 e. The molecule has 1 aromatic rings. The van der Waals surface area contributed by atoms with Crippen LogP contribution in [-0.4, -0.2) is 40.1 Å². The van der Waals surface area contributed by atoms with Gasteiger partial charge in [0.05, 0.1) is 6.54 Å². The van der Waals surface area contributed by atoms with Crippen molar-refractivity contribution in [1.82, 2.24) is 20.4 Å². The Morgan fingerprint density at radius 2 is 2.37 bits per heavy atom. The van der Waals surface area contributed by atoms with Gasteiger partial charge in [-0.2, -0.15) is 4.98 Å². The van der Waals surface area contributed by atoms with Gasteiger partial charge in [0.1, 0.15) is 0 Å². The van der Waals surface area contributed by atoms with Crippen LogP contribution < -0.4 is 5.32 Å². The predicted octanol–water partition coefficient (Wildman–Crippen LogP) is 1.26. The van der Waals surface area contributed by atoms with Crippen LogP contribution in [0.25, 0.3) is 0 Å². The molecule has 0 unspecified atom stereocenters. The molecule has 0 spiro atoms. The van der Waals surface area contributed by atoms with Gasteiger partial charge in [0.25, 0.3) is 0 Å². The van der Waals surface area contributed by atoms with Crippen LogP contribution in [0.3, 0.4) is 0 Å². The molecule has 1 amide bonds. The number of nitrogens with zero attached hydrogens (tertiary/aromatic N) is 3. The van der Waals surface area contributed by atoms with Gasteiger partial charge in [-0.3, -0.25) is 9.69 Å². The Morgan fingerprint density at radius 1 is 1.53 bits per heavy atom. The molecule has 0 saturated carbocycles. The summed E-state index contributed by atoms with van der Waals surface area (Å²) in [6.07, 6.45) is 4.63. The van der Waals surface area contributed by atoms with Gasteiger partial charge in [-0.25, -0.2) is 0 Å². The number of carbonyl (C=O) groups is 1. The second kappa shape index (κ2) is 6.65. The van der Waals surface area contributed by atoms with Crippen molar-refractivity contribution in [2.75, 3.05) is 13.1 Å². The lowest BCUT2D eigenvalue weighted by molar-refractivity contribution is -0.119. The van der Waals surface area contributed by atoms with E-state index in [1.807, 2.05) is 0 Å². The first-order chi connectivity index (χ1) is 9.15. The molecular formula is C13H22N4O2. The summed E-state index contributed by atoms with van der Waals surface area (Å²) in [5, 5.41) is 6.82. The molecule has 1 fully saturated rings. The monoisotopic (exact) mass is 266 g/mol. The summed E-state index contributed by atoms with van der Waals surface area (Å²) in [4.78, 5) is 17.6. The van der Waals surface area contributed by atoms with E-state index in [2.05, 4.69) is 20.4 Å². The molecule has 0 aromatic carbocycles. The fourth-order valence-electron chi connectivity index (χ4n) is 2.60. The van der Waals surface area contributed by atoms with Crippen LogP contribution in [0, 0.1) is 6.92 Å². The molecule has 2 rings (SSSR count). The minimum Gasteiger partial charge on any atom is -0.356 e. The van der Waals surface area contributed by atoms with Crippen LogP contribution >= 0.6 is 0 Å². The Bertz CT molecular complexity index is 419. The second-order valence-electron chi connectivity index (χ2n) is 5.12. The highest BCUT2D eigenvalue weighted by Crippen LogP contribution is 2.20. The molecule has 2 heterocycles. The number of amides is 1. The molecule has 6 nitrogen and oxygen atoms in total. The Balaban J connectivity index is 1.86. The van der Waals surface area contributed by atoms with Crippen molar-refractivity contribution in [3.05, 3.63) is 11.7 Å². The molecule has 6 heteroatoms. The number of hydrogen-bond acceptors (Lipinski definition) is 5. The molecule has 1 N–H and O–H groups in total. The van der Waals surface area contributed by atoms with Crippen molar-refractivity contribution in [3.8, 4) is 0 Å². The molecule has 19 heavy (non-hydrogen) atoms. The van der Waals surface area contributed by atoms with Gasteiger partial charge in [-0.05, 0) is 25.8 Å². The van der Waals surface area contributed by atoms with E-state index in [1.54, 1.807) is 13.8 Å². The first-order valence-corrected chi connectivity index (χ1v) is 6.93. The van der Waals surface area contributed by atoms with E-state index in [9.17, 15) is 4.79 Å². The third kappa shape index (κ3) is 4.31. The molecule has 1 saturated heterocycles. The van der Waals surface area contributed by atoms with Crippen LogP contribution in [-0.2, 0) is 11.3 Å². The highest BCUT2D eigenvalue weighted by molar-refractivity contribution is 5.72. The maximum atomic E-state index is 10.9. The zero-order valence-corrected chi connectivity index (χ0v) is 11.7. The van der Waals surface area contributed by atoms with Gasteiger partial charge in [0.15, 0.2) is 5.82 Å². The van der Waals surface area contributed by atoms with Crippen LogP contribution in [0.5, 0.6) is 0 Å². The minimum absolute atomic E-state index is 0.0381. The number of rotatable bonds is 5. The van der Waals surface area contributed by atoms with Crippen molar-refractivity contribution in [2.24, 2.45) is 0 Å². The third-order valence-corrected chi connectivity index (χ3v) is 3.51. The number of aromatic nitrogens is 2. The van der Waals surface area contributed by atoms with Crippen LogP contribution in [0.4, 0.5) is 0 Å². The highest BCUT2D eigenvalue weighted by atomic mass is 16.5. The molecule has 0 aliphatic carbocycles. The quantitative estimate of drug-likeness (QED) is 0.868. The molecule has 1 atom stereocenters. The number of aryl methyl sites for hydroxylation is 1. The van der Waals surface area contributed by atoms with E-state index in [0.29, 0.717) is 11.9 Å². The molecule has 106 valence electrons. The highest BCUT2D eigenvalue weighted by Gasteiger charge is 2.23. The summed E-state index contributed by atoms with van der Waals surface area (Å²) in [6.45, 7) is 5.91. The van der Waals surface area contributed by atoms with Crippen molar-refractivity contribution >= 4 is 5.91 Å². The van der Waals surface area contributed by atoms with E-state index in [0.717, 1.165) is 31.9 Å². The summed E-state index contributed by atoms with van der Waals surface area (Å²) < 4.78 is 5.01. The maximum absolute atomic E-state index is 10.9. The summed E-state index contributed by atoms with van der Waals surface area (Å²) in [5.74, 6) is 1.40. The third-order valence-electron chi connectivity index (χ3n) is 3.51. The first-order valence-electron chi connectivity index (χ1n) is 6.93. The van der Waals surface area contributed by atoms with Crippen molar-refractivity contribution in [1.29, 1.82) is 0 Å². The number of likely N-dealkylation sites (tertiary alicyclic amines) is 1. The molecule has 0 bridgehead atoms. The van der Waals surface area contributed by atoms with Gasteiger partial charge < -0.3 is 9.84 Å². The number of nitrogens with one attached hydrogen (secondary N) is 1. The lowest BCUT2D eigenvalue weighted by Gasteiger charge is -2.34. The van der Waals surface area contributed by atoms with Crippen molar-refractivity contribution < 1.29 is 9.32 Å².